The Kier molecular flexibility index (Phi) is 18.6. The van der Waals surface area contributed by atoms with Crippen LogP contribution in [0.3, 0.4) is 0 Å². The second-order valence-electron chi connectivity index (χ2n) is 17.7. The van der Waals surface area contributed by atoms with Gasteiger partial charge in [-0.2, -0.15) is 0 Å². The number of ether oxygens (including phenoxy) is 4. The number of carbonyl (C=O) groups is 2. The van der Waals surface area contributed by atoms with E-state index in [0.717, 1.165) is 80.5 Å². The van der Waals surface area contributed by atoms with E-state index in [-0.39, 0.29) is 33.0 Å². The molecule has 1 fully saturated rings. The highest BCUT2D eigenvalue weighted by Gasteiger charge is 2.31. The first-order valence-electron chi connectivity index (χ1n) is 23.9. The molecular formula is C56H60Cl2N6O8. The first kappa shape index (κ1) is 52.8. The molecule has 16 heteroatoms. The van der Waals surface area contributed by atoms with Crippen molar-refractivity contribution in [2.75, 3.05) is 27.2 Å². The van der Waals surface area contributed by atoms with Crippen molar-refractivity contribution < 1.29 is 38.7 Å². The number of hydrogen-bond acceptors (Lipinski definition) is 11. The van der Waals surface area contributed by atoms with E-state index in [9.17, 15) is 19.8 Å². The number of benzene rings is 4. The smallest absolute Gasteiger partial charge is 0.407 e. The van der Waals surface area contributed by atoms with Gasteiger partial charge in [0, 0.05) is 110 Å². The third kappa shape index (κ3) is 13.7. The van der Waals surface area contributed by atoms with E-state index in [1.54, 1.807) is 75.6 Å². The van der Waals surface area contributed by atoms with Crippen LogP contribution in [-0.2, 0) is 44.3 Å². The summed E-state index contributed by atoms with van der Waals surface area (Å²) in [5.74, 6) is 0.966. The Morgan fingerprint density at radius 2 is 1.22 bits per heavy atom. The summed E-state index contributed by atoms with van der Waals surface area (Å²) < 4.78 is 25.7. The molecule has 1 amide bonds. The predicted molar refractivity (Wildman–Crippen MR) is 282 cm³/mol. The van der Waals surface area contributed by atoms with Gasteiger partial charge in [-0.25, -0.2) is 4.79 Å². The third-order valence-electron chi connectivity index (χ3n) is 12.6. The summed E-state index contributed by atoms with van der Waals surface area (Å²) in [5, 5.41) is 20.7. The van der Waals surface area contributed by atoms with Gasteiger partial charge in [0.05, 0.1) is 16.6 Å². The Hall–Kier alpha value is -7.00. The van der Waals surface area contributed by atoms with Gasteiger partial charge >= 0.3 is 12.1 Å². The number of halogens is 2. The number of likely N-dealkylation sites (tertiary alicyclic amines) is 1. The molecule has 7 rings (SSSR count). The highest BCUT2D eigenvalue weighted by Crippen LogP contribution is 2.39. The van der Waals surface area contributed by atoms with Gasteiger partial charge in [-0.15, -0.1) is 0 Å². The van der Waals surface area contributed by atoms with Crippen LogP contribution >= 0.6 is 23.2 Å². The average Bonchev–Trinajstić information content (AvgIpc) is 3.84. The Labute approximate surface area is 430 Å². The van der Waals surface area contributed by atoms with E-state index in [1.165, 1.54) is 4.90 Å². The number of nitrogens with zero attached hydrogens (tertiary/aromatic N) is 6. The van der Waals surface area contributed by atoms with Crippen molar-refractivity contribution in [2.45, 2.75) is 92.0 Å². The molecule has 14 nitrogen and oxygen atoms in total. The fraction of sp³-hybridized carbons (Fsp3) is 0.321. The minimum atomic E-state index is -1.03. The maximum absolute atomic E-state index is 12.3. The molecule has 4 aromatic carbocycles. The number of hydrogen-bond donors (Lipinski definition) is 2. The summed E-state index contributed by atoms with van der Waals surface area (Å²) in [7, 11) is 3.40. The number of carboxylic acids is 1. The number of unbranched alkanes of at least 4 members (excludes halogenated alkanes) is 1. The number of aliphatic imine (C=N–C) groups is 2. The second-order valence-corrected chi connectivity index (χ2v) is 18.5. The van der Waals surface area contributed by atoms with Gasteiger partial charge in [0.15, 0.2) is 0 Å². The zero-order valence-electron chi connectivity index (χ0n) is 41.2. The van der Waals surface area contributed by atoms with Crippen LogP contribution in [-0.4, -0.2) is 87.7 Å². The van der Waals surface area contributed by atoms with E-state index in [2.05, 4.69) is 45.9 Å². The van der Waals surface area contributed by atoms with Gasteiger partial charge in [0.25, 0.3) is 0 Å². The van der Waals surface area contributed by atoms with Gasteiger partial charge in [-0.3, -0.25) is 29.6 Å². The molecule has 1 aliphatic rings. The minimum absolute atomic E-state index is 0.0870. The third-order valence-corrected chi connectivity index (χ3v) is 13.2. The summed E-state index contributed by atoms with van der Waals surface area (Å²) in [6, 6.07) is 22.5. The first-order chi connectivity index (χ1) is 34.8. The SMILES string of the molecule is CCCCN(Cc1cc(Cl)c(OCc2cccc(-c3cccc(COc4cc(OCc5cncc(C=NC)c5)c(CN5CCC[C@H]5C(=O)O)cc4Cl)c3C)c2C)cc1OCc1cncc(C=NC)c1)C(=O)O. The summed E-state index contributed by atoms with van der Waals surface area (Å²) in [5.41, 5.74) is 10.7. The van der Waals surface area contributed by atoms with Crippen LogP contribution < -0.4 is 18.9 Å². The van der Waals surface area contributed by atoms with Crippen LogP contribution in [0.2, 0.25) is 10.0 Å². The van der Waals surface area contributed by atoms with Crippen molar-refractivity contribution in [1.29, 1.82) is 0 Å². The van der Waals surface area contributed by atoms with E-state index in [0.29, 0.717) is 64.7 Å². The van der Waals surface area contributed by atoms with Crippen molar-refractivity contribution in [3.8, 4) is 34.1 Å². The maximum Gasteiger partial charge on any atom is 0.407 e. The number of carboxylic acid groups (broad SMARTS) is 2. The van der Waals surface area contributed by atoms with Gasteiger partial charge in [0.1, 0.15) is 55.5 Å². The molecule has 1 saturated heterocycles. The van der Waals surface area contributed by atoms with Crippen molar-refractivity contribution in [2.24, 2.45) is 9.98 Å². The van der Waals surface area contributed by atoms with Gasteiger partial charge in [0.2, 0.25) is 0 Å². The molecule has 0 unspecified atom stereocenters. The quantitative estimate of drug-likeness (QED) is 0.0586. The fourth-order valence-electron chi connectivity index (χ4n) is 8.71. The van der Waals surface area contributed by atoms with Gasteiger partial charge in [-0.05, 0) is 97.3 Å². The van der Waals surface area contributed by atoms with Crippen molar-refractivity contribution in [3.05, 3.63) is 163 Å². The number of pyridine rings is 2. The largest absolute Gasteiger partial charge is 0.488 e. The lowest BCUT2D eigenvalue weighted by atomic mass is 9.92. The molecule has 2 aromatic heterocycles. The van der Waals surface area contributed by atoms with Crippen LogP contribution in [0, 0.1) is 13.8 Å². The molecule has 0 spiro atoms. The summed E-state index contributed by atoms with van der Waals surface area (Å²) in [6.07, 6.45) is 12.2. The van der Waals surface area contributed by atoms with Crippen molar-refractivity contribution in [1.82, 2.24) is 19.8 Å². The molecule has 376 valence electrons. The molecule has 0 radical (unpaired) electrons. The molecule has 2 N–H and O–H groups in total. The molecule has 6 aromatic rings. The van der Waals surface area contributed by atoms with Gasteiger partial charge in [-0.1, -0.05) is 72.9 Å². The molecule has 0 aliphatic carbocycles. The van der Waals surface area contributed by atoms with Crippen LogP contribution in [0.4, 0.5) is 4.79 Å². The Morgan fingerprint density at radius 3 is 1.72 bits per heavy atom. The summed E-state index contributed by atoms with van der Waals surface area (Å²) in [4.78, 5) is 44.5. The first-order valence-corrected chi connectivity index (χ1v) is 24.6. The lowest BCUT2D eigenvalue weighted by Gasteiger charge is -2.23. The van der Waals surface area contributed by atoms with E-state index in [1.807, 2.05) is 48.2 Å². The topological polar surface area (TPSA) is 168 Å². The number of aromatic nitrogens is 2. The van der Waals surface area contributed by atoms with Crippen LogP contribution in [0.1, 0.15) is 88.2 Å². The maximum atomic E-state index is 12.3. The second kappa shape index (κ2) is 25.4. The van der Waals surface area contributed by atoms with Crippen LogP contribution in [0.25, 0.3) is 11.1 Å². The molecule has 0 saturated carbocycles. The van der Waals surface area contributed by atoms with Crippen LogP contribution in [0.5, 0.6) is 23.0 Å². The van der Waals surface area contributed by atoms with E-state index in [4.69, 9.17) is 42.1 Å². The Balaban J connectivity index is 1.10. The molecule has 1 aliphatic heterocycles. The monoisotopic (exact) mass is 1010 g/mol. The Morgan fingerprint density at radius 1 is 0.708 bits per heavy atom. The fourth-order valence-corrected chi connectivity index (χ4v) is 9.19. The molecular weight excluding hydrogens is 956 g/mol. The molecule has 3 heterocycles. The Bertz CT molecular complexity index is 2930. The predicted octanol–water partition coefficient (Wildman–Crippen LogP) is 11.8. The highest BCUT2D eigenvalue weighted by molar-refractivity contribution is 6.32. The van der Waals surface area contributed by atoms with E-state index >= 15 is 0 Å². The lowest BCUT2D eigenvalue weighted by Crippen LogP contribution is -2.35. The highest BCUT2D eigenvalue weighted by atomic mass is 35.5. The number of aliphatic carboxylic acids is 1. The number of amides is 1. The molecule has 1 atom stereocenters. The average molecular weight is 1020 g/mol. The lowest BCUT2D eigenvalue weighted by molar-refractivity contribution is -0.142. The van der Waals surface area contributed by atoms with Crippen molar-refractivity contribution in [3.63, 3.8) is 0 Å². The van der Waals surface area contributed by atoms with Crippen LogP contribution in [0.15, 0.2) is 108 Å². The molecule has 72 heavy (non-hydrogen) atoms. The normalized spacial score (nSPS) is 13.7. The standard InChI is InChI=1S/C56H60Cl2N6O8/c1-6-7-16-64(56(67)68)31-45-21-49(58)54(23-52(45)70-33-41-19-39(25-60-5)27-62-29-41)72-35-43-12-9-14-47(37(43)3)46-13-8-11-42(36(46)2)34-71-53-22-51(69-32-40-18-38(24-59-4)26-61-28-40)44(20-48(53)57)30-63-17-10-15-50(63)55(65)66/h8-9,11-14,18-29,50H,6-7,10,15-17,30-35H2,1-5H3,(H,65,66)(H,67,68)/t50-/m0/s1. The number of rotatable bonds is 23. The summed E-state index contributed by atoms with van der Waals surface area (Å²) in [6.45, 7) is 8.40. The van der Waals surface area contributed by atoms with Crippen molar-refractivity contribution >= 4 is 47.7 Å². The minimum Gasteiger partial charge on any atom is -0.488 e. The zero-order valence-corrected chi connectivity index (χ0v) is 42.7. The molecule has 0 bridgehead atoms. The van der Waals surface area contributed by atoms with E-state index < -0.39 is 18.1 Å². The van der Waals surface area contributed by atoms with Gasteiger partial charge < -0.3 is 34.1 Å². The zero-order chi connectivity index (χ0) is 51.1. The summed E-state index contributed by atoms with van der Waals surface area (Å²) >= 11 is 13.8.